The van der Waals surface area contributed by atoms with Crippen LogP contribution in [0.4, 0.5) is 0 Å². The molecular weight excluding hydrogens is 1360 g/mol. The van der Waals surface area contributed by atoms with Crippen molar-refractivity contribution >= 4 is 101 Å². The van der Waals surface area contributed by atoms with E-state index in [4.69, 9.17) is 22.9 Å². The average Bonchev–Trinajstić information content (AvgIpc) is 1.68. The number of aromatic amines is 2. The van der Waals surface area contributed by atoms with Crippen LogP contribution in [0.2, 0.25) is 11.1 Å². The molecule has 0 spiro atoms. The first kappa shape index (κ1) is 86.6. The molecule has 4 rings (SSSR count). The third-order valence-electron chi connectivity index (χ3n) is 17.9. The summed E-state index contributed by atoms with van der Waals surface area (Å²) in [6, 6.07) is 4.37. The van der Waals surface area contributed by atoms with E-state index in [2.05, 4.69) is 67.8 Å². The number of nitrogens with zero attached hydrogens (tertiary/aromatic N) is 3. The van der Waals surface area contributed by atoms with Crippen LogP contribution in [0.3, 0.4) is 0 Å². The summed E-state index contributed by atoms with van der Waals surface area (Å²) < 4.78 is 0. The van der Waals surface area contributed by atoms with Crippen molar-refractivity contribution in [3.63, 3.8) is 0 Å². The lowest BCUT2D eigenvalue weighted by atomic mass is 9.95. The molecule has 0 bridgehead atoms. The second-order valence-corrected chi connectivity index (χ2v) is 32.9. The number of unbranched alkanes of at least 4 members (excludes halogenated alkanes) is 1. The first-order valence-corrected chi connectivity index (χ1v) is 37.6. The summed E-state index contributed by atoms with van der Waals surface area (Å²) in [5, 5.41) is 37.0. The minimum Gasteiger partial charge on any atom is -0.427 e. The minimum atomic E-state index is -2.75. The molecule has 574 valence electrons. The largest absolute Gasteiger partial charge is 0.427 e. The van der Waals surface area contributed by atoms with Gasteiger partial charge < -0.3 is 95.6 Å². The Morgan fingerprint density at radius 3 is 1.79 bits per heavy atom. The van der Waals surface area contributed by atoms with Gasteiger partial charge >= 0.3 is 0 Å². The number of aliphatic imine (C=N–C) groups is 1. The molecule has 2 aromatic carbocycles. The van der Waals surface area contributed by atoms with E-state index in [1.165, 1.54) is 26.5 Å². The molecule has 0 aliphatic carbocycles. The van der Waals surface area contributed by atoms with E-state index in [9.17, 15) is 67.4 Å². The Balaban J connectivity index is 1.47. The maximum atomic E-state index is 14.6. The van der Waals surface area contributed by atoms with Crippen LogP contribution in [0.5, 0.6) is 0 Å². The standard InChI is InChI=1S/C71H112N18O14Si/c1-39(2)30-53(64(73)96)83-60(94)34-56(90)62(40(3)4)87-69(101)55(33-47-36-76-38-80-47)84-61(95)37-89(12)70(102)63(41(5)6)88-65(97)44(11)81-68(100)54(32-46-35-79-50-19-14-13-18-49(46)50)86-67(99)52(26-27-57(72)91)85-66(98)51(20-17-29-78-71(74)75)82-58(92)21-15-16-28-77-59(93)31-45-22-24-48(25-23-45)104(103,42(7)8)43(9)10/h13-14,18-19,22-25,35-36,38-44,51-56,62-63,79,90,103H,15-17,20-21,26-34,37H2,1-12H3,(H2,72,91)(H2,73,96)(H,76,80)(H,77,93)(H,81,100)(H,82,92)(H,83,94)(H,84,95)(H,85,98)(H,86,99)(H,87,101)(H,88,97)(H4,74,75,78)/t44-,51-,52-,53-,54-,55-,56-,62?,63-/m0/s1. The molecule has 0 aliphatic heterocycles. The monoisotopic (exact) mass is 1470 g/mol. The van der Waals surface area contributed by atoms with E-state index in [0.29, 0.717) is 35.0 Å². The number of benzene rings is 2. The van der Waals surface area contributed by atoms with Crippen molar-refractivity contribution in [2.24, 2.45) is 45.7 Å². The second kappa shape index (κ2) is 42.1. The molecule has 21 N–H and O–H groups in total. The molecule has 33 heteroatoms. The van der Waals surface area contributed by atoms with E-state index in [0.717, 1.165) is 15.7 Å². The van der Waals surface area contributed by atoms with Gasteiger partial charge in [-0.25, -0.2) is 4.98 Å². The average molecular weight is 1470 g/mol. The third kappa shape index (κ3) is 28.1. The molecule has 0 radical (unpaired) electrons. The Labute approximate surface area is 609 Å². The number of aromatic nitrogens is 3. The van der Waals surface area contributed by atoms with Crippen LogP contribution >= 0.6 is 0 Å². The predicted octanol–water partition coefficient (Wildman–Crippen LogP) is -0.560. The fraction of sp³-hybridized carbons (Fsp3) is 0.577. The molecule has 9 atom stereocenters. The van der Waals surface area contributed by atoms with Crippen molar-refractivity contribution in [3.8, 4) is 0 Å². The number of para-hydroxylation sites is 1. The number of H-pyrrole nitrogens is 2. The van der Waals surface area contributed by atoms with Crippen molar-refractivity contribution in [1.29, 1.82) is 0 Å². The third-order valence-corrected chi connectivity index (χ3v) is 22.7. The van der Waals surface area contributed by atoms with E-state index in [1.54, 1.807) is 58.2 Å². The zero-order valence-corrected chi connectivity index (χ0v) is 63.0. The summed E-state index contributed by atoms with van der Waals surface area (Å²) in [6.45, 7) is 19.5. The number of guanidine groups is 1. The van der Waals surface area contributed by atoms with Gasteiger partial charge in [0.1, 0.15) is 42.3 Å². The highest BCUT2D eigenvalue weighted by atomic mass is 28.4. The fourth-order valence-electron chi connectivity index (χ4n) is 12.0. The van der Waals surface area contributed by atoms with E-state index in [-0.39, 0.29) is 93.3 Å². The van der Waals surface area contributed by atoms with Crippen molar-refractivity contribution < 1.29 is 67.4 Å². The lowest BCUT2D eigenvalue weighted by Crippen LogP contribution is -2.60. The number of primary amides is 2. The number of carbonyl (C=O) groups is 12. The van der Waals surface area contributed by atoms with E-state index >= 15 is 0 Å². The number of carbonyl (C=O) groups excluding carboxylic acids is 12. The van der Waals surface area contributed by atoms with E-state index in [1.807, 2.05) is 65.8 Å². The zero-order chi connectivity index (χ0) is 77.7. The maximum absolute atomic E-state index is 14.6. The summed E-state index contributed by atoms with van der Waals surface area (Å²) in [5.74, 6) is -10.0. The highest BCUT2D eigenvalue weighted by Crippen LogP contribution is 2.30. The molecule has 2 heterocycles. The van der Waals surface area contributed by atoms with Crippen LogP contribution in [-0.2, 0) is 76.8 Å². The number of hydrogen-bond acceptors (Lipinski definition) is 16. The summed E-state index contributed by atoms with van der Waals surface area (Å²) in [5.41, 5.74) is 24.8. The number of fused-ring (bicyclic) bond motifs is 1. The Morgan fingerprint density at radius 2 is 1.20 bits per heavy atom. The summed E-state index contributed by atoms with van der Waals surface area (Å²) in [7, 11) is -1.44. The molecule has 104 heavy (non-hydrogen) atoms. The van der Waals surface area contributed by atoms with Gasteiger partial charge in [-0.1, -0.05) is 112 Å². The SMILES string of the molecule is CC(C)C[C@H](NC(=O)C[C@H](O)C(NC(=O)[C@H](Cc1cnc[nH]1)NC(=O)CN(C)C(=O)[C@@H](NC(=O)[C@H](C)NC(=O)[C@H](Cc1c[nH]c2ccccc12)NC(=O)[C@H](CCC(N)=O)NC(=O)[C@H](CCCN=C(N)N)NC(=O)CCCCNC(=O)Cc1ccc([Si](O)(C(C)C)C(C)C)cc1)C(C)C)C(C)C)C(N)=O. The molecule has 4 aromatic rings. The number of nitrogens with two attached hydrogens (primary N) is 4. The molecule has 0 saturated carbocycles. The number of nitrogens with one attached hydrogen (secondary N) is 11. The van der Waals surface area contributed by atoms with Crippen LogP contribution < -0.4 is 76.0 Å². The van der Waals surface area contributed by atoms with Gasteiger partial charge in [0.15, 0.2) is 5.96 Å². The second-order valence-electron chi connectivity index (χ2n) is 28.3. The Morgan fingerprint density at radius 1 is 0.606 bits per heavy atom. The predicted molar refractivity (Wildman–Crippen MR) is 395 cm³/mol. The lowest BCUT2D eigenvalue weighted by molar-refractivity contribution is -0.140. The zero-order valence-electron chi connectivity index (χ0n) is 62.0. The molecule has 0 fully saturated rings. The summed E-state index contributed by atoms with van der Waals surface area (Å²) >= 11 is 0. The number of amides is 12. The maximum Gasteiger partial charge on any atom is 0.245 e. The normalized spacial score (nSPS) is 14.2. The first-order chi connectivity index (χ1) is 48.9. The van der Waals surface area contributed by atoms with Crippen LogP contribution in [0.25, 0.3) is 10.9 Å². The van der Waals surface area contributed by atoms with Crippen molar-refractivity contribution in [3.05, 3.63) is 84.1 Å². The highest BCUT2D eigenvalue weighted by molar-refractivity contribution is 6.87. The first-order valence-electron chi connectivity index (χ1n) is 35.5. The summed E-state index contributed by atoms with van der Waals surface area (Å²) in [6.07, 6.45) is 2.68. The van der Waals surface area contributed by atoms with Crippen molar-refractivity contribution in [1.82, 2.24) is 67.7 Å². The van der Waals surface area contributed by atoms with Crippen molar-refractivity contribution in [2.45, 2.75) is 219 Å². The van der Waals surface area contributed by atoms with E-state index < -0.39 is 159 Å². The molecule has 1 unspecified atom stereocenters. The van der Waals surface area contributed by atoms with Gasteiger partial charge in [0.25, 0.3) is 0 Å². The smallest absolute Gasteiger partial charge is 0.245 e. The van der Waals surface area contributed by atoms with Gasteiger partial charge in [0.2, 0.25) is 79.2 Å². The van der Waals surface area contributed by atoms with Gasteiger partial charge in [-0.3, -0.25) is 62.5 Å². The number of rotatable bonds is 45. The number of likely N-dealkylation sites (N-methyl/N-ethyl adjacent to an activating group) is 1. The Bertz CT molecular complexity index is 3550. The number of aliphatic hydroxyl groups excluding tert-OH is 1. The quantitative estimate of drug-likeness (QED) is 0.0114. The molecule has 12 amide bonds. The van der Waals surface area contributed by atoms with Crippen LogP contribution in [-0.4, -0.2) is 196 Å². The van der Waals surface area contributed by atoms with Crippen LogP contribution in [0, 0.1) is 17.8 Å². The molecule has 0 aliphatic rings. The van der Waals surface area contributed by atoms with Crippen LogP contribution in [0.1, 0.15) is 151 Å². The van der Waals surface area contributed by atoms with Gasteiger partial charge in [-0.05, 0) is 96.7 Å². The Kier molecular flexibility index (Phi) is 35.1. The number of imidazole rings is 1. The van der Waals surface area contributed by atoms with Gasteiger partial charge in [-0.15, -0.1) is 0 Å². The molecule has 32 nitrogen and oxygen atoms in total. The van der Waals surface area contributed by atoms with Crippen molar-refractivity contribution in [2.75, 3.05) is 26.7 Å². The summed E-state index contributed by atoms with van der Waals surface area (Å²) in [4.78, 5) is 190. The lowest BCUT2D eigenvalue weighted by Gasteiger charge is -2.33. The molecular formula is C71H112N18O14Si. The van der Waals surface area contributed by atoms with Crippen LogP contribution in [0.15, 0.2) is 72.2 Å². The Hall–Kier alpha value is -9.76. The van der Waals surface area contributed by atoms with Gasteiger partial charge in [0, 0.05) is 74.8 Å². The van der Waals surface area contributed by atoms with Gasteiger partial charge in [-0.2, -0.15) is 0 Å². The topological polar surface area (TPSA) is 518 Å². The van der Waals surface area contributed by atoms with Gasteiger partial charge in [0.05, 0.1) is 37.9 Å². The fourth-order valence-corrected chi connectivity index (χ4v) is 15.4. The molecule has 2 aromatic heterocycles. The minimum absolute atomic E-state index is 0.0127. The highest BCUT2D eigenvalue weighted by Gasteiger charge is 2.41. The number of aliphatic hydroxyl groups is 1. The molecule has 0 saturated heterocycles. The number of hydrogen-bond donors (Lipinski definition) is 17.